The van der Waals surface area contributed by atoms with Crippen molar-refractivity contribution in [3.8, 4) is 11.5 Å². The van der Waals surface area contributed by atoms with Crippen molar-refractivity contribution in [3.63, 3.8) is 0 Å². The first-order chi connectivity index (χ1) is 15.6. The fourth-order valence-electron chi connectivity index (χ4n) is 4.31. The number of H-pyrrole nitrogens is 1. The molecule has 2 heterocycles. The van der Waals surface area contributed by atoms with Crippen molar-refractivity contribution >= 4 is 11.0 Å². The number of nitrogens with one attached hydrogen (secondary N) is 1. The first-order valence-electron chi connectivity index (χ1n) is 11.4. The molecule has 32 heavy (non-hydrogen) atoms. The van der Waals surface area contributed by atoms with Gasteiger partial charge in [0.05, 0.1) is 24.7 Å². The van der Waals surface area contributed by atoms with Crippen LogP contribution in [0.15, 0.2) is 42.5 Å². The van der Waals surface area contributed by atoms with Crippen molar-refractivity contribution < 1.29 is 14.6 Å². The Bertz CT molecular complexity index is 967. The largest absolute Gasteiger partial charge is 0.493 e. The first-order valence-corrected chi connectivity index (χ1v) is 11.4. The minimum atomic E-state index is -0.516. The Morgan fingerprint density at radius 1 is 1.09 bits per heavy atom. The topological polar surface area (TPSA) is 73.8 Å². The number of aliphatic hydroxyl groups excluding tert-OH is 1. The summed E-state index contributed by atoms with van der Waals surface area (Å²) in [5, 5.41) is 10.4. The molecule has 7 heteroatoms. The van der Waals surface area contributed by atoms with Gasteiger partial charge in [-0.15, -0.1) is 0 Å². The van der Waals surface area contributed by atoms with Crippen molar-refractivity contribution in [2.75, 3.05) is 40.4 Å². The second-order valence-electron chi connectivity index (χ2n) is 8.68. The van der Waals surface area contributed by atoms with E-state index in [1.54, 1.807) is 7.11 Å². The van der Waals surface area contributed by atoms with Crippen LogP contribution in [0.2, 0.25) is 0 Å². The number of piperidine rings is 1. The molecule has 1 saturated heterocycles. The highest BCUT2D eigenvalue weighted by atomic mass is 16.5. The Morgan fingerprint density at radius 3 is 2.69 bits per heavy atom. The van der Waals surface area contributed by atoms with Gasteiger partial charge in [-0.1, -0.05) is 24.6 Å². The van der Waals surface area contributed by atoms with Crippen LogP contribution >= 0.6 is 0 Å². The van der Waals surface area contributed by atoms with Gasteiger partial charge in [-0.3, -0.25) is 4.90 Å². The zero-order valence-corrected chi connectivity index (χ0v) is 19.1. The molecule has 1 aromatic heterocycles. The quantitative estimate of drug-likeness (QED) is 0.505. The summed E-state index contributed by atoms with van der Waals surface area (Å²) in [6, 6.07) is 14.0. The van der Waals surface area contributed by atoms with Crippen molar-refractivity contribution in [3.05, 3.63) is 53.9 Å². The molecule has 3 aromatic rings. The van der Waals surface area contributed by atoms with E-state index in [9.17, 15) is 5.11 Å². The number of hydrogen-bond acceptors (Lipinski definition) is 6. The van der Waals surface area contributed by atoms with E-state index in [0.29, 0.717) is 24.6 Å². The van der Waals surface area contributed by atoms with Crippen molar-refractivity contribution in [2.24, 2.45) is 0 Å². The molecule has 1 atom stereocenters. The van der Waals surface area contributed by atoms with Crippen LogP contribution in [0.5, 0.6) is 11.5 Å². The van der Waals surface area contributed by atoms with Gasteiger partial charge in [0.2, 0.25) is 0 Å². The lowest BCUT2D eigenvalue weighted by Crippen LogP contribution is -2.38. The van der Waals surface area contributed by atoms with E-state index in [1.807, 2.05) is 42.5 Å². The molecule has 0 aliphatic carbocycles. The highest BCUT2D eigenvalue weighted by molar-refractivity contribution is 5.74. The van der Waals surface area contributed by atoms with Gasteiger partial charge in [0.25, 0.3) is 0 Å². The fourth-order valence-corrected chi connectivity index (χ4v) is 4.31. The van der Waals surface area contributed by atoms with Gasteiger partial charge in [-0.2, -0.15) is 0 Å². The number of aromatic nitrogens is 2. The Morgan fingerprint density at radius 2 is 1.91 bits per heavy atom. The fraction of sp³-hybridized carbons (Fsp3) is 0.480. The minimum absolute atomic E-state index is 0.255. The molecule has 0 amide bonds. The van der Waals surface area contributed by atoms with Gasteiger partial charge in [-0.05, 0) is 62.8 Å². The van der Waals surface area contributed by atoms with E-state index < -0.39 is 6.10 Å². The molecule has 1 aliphatic rings. The number of benzene rings is 2. The van der Waals surface area contributed by atoms with Gasteiger partial charge in [0, 0.05) is 13.1 Å². The number of ether oxygens (including phenoxy) is 2. The standard InChI is InChI=1S/C25H34N4O3/c1-28(17-25-26-21-8-4-5-9-22(21)27-25)15-19-10-11-23(31-2)24(14-19)32-18-20(30)16-29-12-6-3-7-13-29/h4-5,8-11,14,20,30H,3,6-7,12-13,15-18H2,1-2H3,(H,26,27). The summed E-state index contributed by atoms with van der Waals surface area (Å²) in [6.07, 6.45) is 3.20. The smallest absolute Gasteiger partial charge is 0.161 e. The maximum absolute atomic E-state index is 10.4. The van der Waals surface area contributed by atoms with E-state index in [2.05, 4.69) is 26.8 Å². The van der Waals surface area contributed by atoms with Crippen molar-refractivity contribution in [1.82, 2.24) is 19.8 Å². The third kappa shape index (κ3) is 6.00. The summed E-state index contributed by atoms with van der Waals surface area (Å²) in [4.78, 5) is 12.6. The molecule has 2 aromatic carbocycles. The first kappa shape index (κ1) is 22.6. The number of para-hydroxylation sites is 2. The second-order valence-corrected chi connectivity index (χ2v) is 8.68. The Hall–Kier alpha value is -2.61. The number of β-amino-alcohol motifs (C(OH)–C–C–N with tert-alkyl or cyclic N) is 1. The summed E-state index contributed by atoms with van der Waals surface area (Å²) in [7, 11) is 3.71. The Kier molecular flexibility index (Phi) is 7.63. The van der Waals surface area contributed by atoms with E-state index in [-0.39, 0.29) is 6.61 Å². The predicted octanol–water partition coefficient (Wildman–Crippen LogP) is 3.43. The molecule has 1 aliphatic heterocycles. The second kappa shape index (κ2) is 10.8. The van der Waals surface area contributed by atoms with Crippen LogP contribution in [0.4, 0.5) is 0 Å². The average Bonchev–Trinajstić information content (AvgIpc) is 3.20. The number of aromatic amines is 1. The number of nitrogens with zero attached hydrogens (tertiary/aromatic N) is 3. The number of fused-ring (bicyclic) bond motifs is 1. The highest BCUT2D eigenvalue weighted by Crippen LogP contribution is 2.29. The van der Waals surface area contributed by atoms with Crippen LogP contribution in [0.25, 0.3) is 11.0 Å². The van der Waals surface area contributed by atoms with Crippen molar-refractivity contribution in [1.29, 1.82) is 0 Å². The number of aliphatic hydroxyl groups is 1. The summed E-state index contributed by atoms with van der Waals surface area (Å²) in [6.45, 7) is 4.49. The van der Waals surface area contributed by atoms with Crippen LogP contribution in [0.1, 0.15) is 30.7 Å². The van der Waals surface area contributed by atoms with E-state index >= 15 is 0 Å². The number of methoxy groups -OCH3 is 1. The predicted molar refractivity (Wildman–Crippen MR) is 126 cm³/mol. The summed E-state index contributed by atoms with van der Waals surface area (Å²) in [5.41, 5.74) is 3.16. The molecule has 1 fully saturated rings. The summed E-state index contributed by atoms with van der Waals surface area (Å²) >= 11 is 0. The third-order valence-corrected chi connectivity index (χ3v) is 5.89. The SMILES string of the molecule is COc1ccc(CN(C)Cc2nc3ccccc3[nH]2)cc1OCC(O)CN1CCCCC1. The molecule has 2 N–H and O–H groups in total. The molecule has 0 spiro atoms. The zero-order valence-electron chi connectivity index (χ0n) is 19.1. The summed E-state index contributed by atoms with van der Waals surface area (Å²) < 4.78 is 11.4. The summed E-state index contributed by atoms with van der Waals surface area (Å²) in [5.74, 6) is 2.29. The van der Waals surface area contributed by atoms with Gasteiger partial charge < -0.3 is 24.5 Å². The van der Waals surface area contributed by atoms with Gasteiger partial charge in [0.1, 0.15) is 18.5 Å². The third-order valence-electron chi connectivity index (χ3n) is 5.89. The minimum Gasteiger partial charge on any atom is -0.493 e. The number of hydrogen-bond donors (Lipinski definition) is 2. The van der Waals surface area contributed by atoms with Crippen LogP contribution in [0, 0.1) is 0 Å². The van der Waals surface area contributed by atoms with Crippen LogP contribution in [0.3, 0.4) is 0 Å². The maximum Gasteiger partial charge on any atom is 0.161 e. The highest BCUT2D eigenvalue weighted by Gasteiger charge is 2.16. The van der Waals surface area contributed by atoms with E-state index in [1.165, 1.54) is 19.3 Å². The normalized spacial score (nSPS) is 15.9. The molecule has 4 rings (SSSR count). The zero-order chi connectivity index (χ0) is 22.3. The lowest BCUT2D eigenvalue weighted by Gasteiger charge is -2.28. The van der Waals surface area contributed by atoms with E-state index in [0.717, 1.165) is 42.1 Å². The monoisotopic (exact) mass is 438 g/mol. The lowest BCUT2D eigenvalue weighted by atomic mass is 10.1. The molecule has 0 bridgehead atoms. The van der Waals surface area contributed by atoms with Crippen LogP contribution in [-0.2, 0) is 13.1 Å². The molecule has 1 unspecified atom stereocenters. The molecule has 0 radical (unpaired) electrons. The van der Waals surface area contributed by atoms with Gasteiger partial charge >= 0.3 is 0 Å². The molecule has 0 saturated carbocycles. The van der Waals surface area contributed by atoms with Gasteiger partial charge in [0.15, 0.2) is 11.5 Å². The lowest BCUT2D eigenvalue weighted by molar-refractivity contribution is 0.0608. The molecule has 172 valence electrons. The van der Waals surface area contributed by atoms with Crippen LogP contribution in [-0.4, -0.2) is 71.4 Å². The number of likely N-dealkylation sites (tertiary alicyclic amines) is 1. The molecular formula is C25H34N4O3. The molecular weight excluding hydrogens is 404 g/mol. The van der Waals surface area contributed by atoms with E-state index in [4.69, 9.17) is 9.47 Å². The number of imidazole rings is 1. The van der Waals surface area contributed by atoms with Crippen molar-refractivity contribution in [2.45, 2.75) is 38.5 Å². The molecule has 7 nitrogen and oxygen atoms in total. The van der Waals surface area contributed by atoms with Crippen LogP contribution < -0.4 is 9.47 Å². The Balaban J connectivity index is 1.34. The Labute approximate surface area is 190 Å². The van der Waals surface area contributed by atoms with Gasteiger partial charge in [-0.25, -0.2) is 4.98 Å². The maximum atomic E-state index is 10.4. The number of rotatable bonds is 10. The average molecular weight is 439 g/mol.